The average molecular weight is 256 g/mol. The van der Waals surface area contributed by atoms with E-state index in [9.17, 15) is 4.79 Å². The van der Waals surface area contributed by atoms with Crippen LogP contribution in [0.4, 0.5) is 0 Å². The molecule has 1 aromatic carbocycles. The fraction of sp³-hybridized carbons (Fsp3) is 0.312. The zero-order chi connectivity index (χ0) is 13.9. The van der Waals surface area contributed by atoms with Crippen molar-refractivity contribution < 1.29 is 4.79 Å². The van der Waals surface area contributed by atoms with Crippen LogP contribution >= 0.6 is 0 Å². The van der Waals surface area contributed by atoms with E-state index in [1.807, 2.05) is 42.7 Å². The van der Waals surface area contributed by atoms with E-state index in [1.165, 1.54) is 0 Å². The maximum atomic E-state index is 12.3. The first-order valence-corrected chi connectivity index (χ1v) is 6.48. The summed E-state index contributed by atoms with van der Waals surface area (Å²) in [6.07, 6.45) is 3.74. The van der Waals surface area contributed by atoms with Gasteiger partial charge in [-0.15, -0.1) is 0 Å². The van der Waals surface area contributed by atoms with Gasteiger partial charge in [0.25, 0.3) is 5.91 Å². The molecule has 1 aromatic heterocycles. The minimum absolute atomic E-state index is 0.0216. The summed E-state index contributed by atoms with van der Waals surface area (Å²) in [5, 5.41) is 2.95. The highest BCUT2D eigenvalue weighted by Crippen LogP contribution is 2.25. The Kier molecular flexibility index (Phi) is 3.74. The first kappa shape index (κ1) is 13.4. The molecule has 1 heterocycles. The lowest BCUT2D eigenvalue weighted by molar-refractivity contribution is 0.0948. The Labute approximate surface area is 114 Å². The zero-order valence-electron chi connectivity index (χ0n) is 11.7. The third-order valence-corrected chi connectivity index (χ3v) is 3.10. The minimum atomic E-state index is -0.0397. The number of carbonyl (C=O) groups excluding carboxylic acids is 1. The topological polar surface area (TPSA) is 44.9 Å². The van der Waals surface area contributed by atoms with Gasteiger partial charge < -0.3 is 10.3 Å². The van der Waals surface area contributed by atoms with Gasteiger partial charge in [-0.2, -0.15) is 0 Å². The number of amides is 1. The number of hydrogen-bond acceptors (Lipinski definition) is 1. The number of aromatic nitrogens is 1. The van der Waals surface area contributed by atoms with Crippen molar-refractivity contribution in [3.8, 4) is 0 Å². The molecule has 0 aliphatic heterocycles. The molecule has 2 aromatic rings. The second-order valence-corrected chi connectivity index (χ2v) is 5.70. The summed E-state index contributed by atoms with van der Waals surface area (Å²) in [5.41, 5.74) is 2.86. The van der Waals surface area contributed by atoms with Gasteiger partial charge in [0.15, 0.2) is 0 Å². The predicted molar refractivity (Wildman–Crippen MR) is 77.1 cm³/mol. The molecule has 100 valence electrons. The number of benzene rings is 1. The molecule has 0 unspecified atom stereocenters. The molecule has 3 heteroatoms. The Bertz CT molecular complexity index is 550. The summed E-state index contributed by atoms with van der Waals surface area (Å²) in [6.45, 7) is 6.89. The van der Waals surface area contributed by atoms with Crippen LogP contribution < -0.4 is 5.32 Å². The Hall–Kier alpha value is -2.03. The van der Waals surface area contributed by atoms with Crippen molar-refractivity contribution in [3.63, 3.8) is 0 Å². The summed E-state index contributed by atoms with van der Waals surface area (Å²) in [4.78, 5) is 15.3. The summed E-state index contributed by atoms with van der Waals surface area (Å²) < 4.78 is 0. The second kappa shape index (κ2) is 5.31. The lowest BCUT2D eigenvalue weighted by Crippen LogP contribution is -2.26. The predicted octanol–water partition coefficient (Wildman–Crippen LogP) is 3.24. The van der Waals surface area contributed by atoms with Gasteiger partial charge in [0.2, 0.25) is 0 Å². The van der Waals surface area contributed by atoms with Crippen LogP contribution in [0.1, 0.15) is 42.3 Å². The van der Waals surface area contributed by atoms with E-state index in [2.05, 4.69) is 31.1 Å². The third-order valence-electron chi connectivity index (χ3n) is 3.10. The Morgan fingerprint density at radius 1 is 1.21 bits per heavy atom. The fourth-order valence-electron chi connectivity index (χ4n) is 2.08. The molecule has 0 aliphatic carbocycles. The van der Waals surface area contributed by atoms with Crippen LogP contribution in [0.25, 0.3) is 0 Å². The number of aromatic amines is 1. The van der Waals surface area contributed by atoms with E-state index >= 15 is 0 Å². The molecular formula is C16H20N2O. The largest absolute Gasteiger partial charge is 0.367 e. The Morgan fingerprint density at radius 2 is 1.95 bits per heavy atom. The van der Waals surface area contributed by atoms with Crippen LogP contribution in [0.15, 0.2) is 42.7 Å². The van der Waals surface area contributed by atoms with Gasteiger partial charge in [-0.25, -0.2) is 0 Å². The first-order valence-electron chi connectivity index (χ1n) is 6.48. The molecular weight excluding hydrogens is 236 g/mol. The lowest BCUT2D eigenvalue weighted by Gasteiger charge is -2.22. The van der Waals surface area contributed by atoms with Gasteiger partial charge in [0.05, 0.1) is 0 Å². The molecule has 0 atom stereocenters. The van der Waals surface area contributed by atoms with Crippen LogP contribution in [-0.2, 0) is 12.0 Å². The van der Waals surface area contributed by atoms with Gasteiger partial charge in [0.1, 0.15) is 0 Å². The number of carbonyl (C=O) groups is 1. The van der Waals surface area contributed by atoms with E-state index in [0.717, 1.165) is 16.7 Å². The van der Waals surface area contributed by atoms with E-state index < -0.39 is 0 Å². The molecule has 2 rings (SSSR count). The molecule has 19 heavy (non-hydrogen) atoms. The number of hydrogen-bond donors (Lipinski definition) is 2. The average Bonchev–Trinajstić information content (AvgIpc) is 2.88. The van der Waals surface area contributed by atoms with Crippen molar-refractivity contribution in [2.45, 2.75) is 32.7 Å². The Balaban J connectivity index is 2.15. The molecule has 1 amide bonds. The van der Waals surface area contributed by atoms with Crippen LogP contribution in [0.3, 0.4) is 0 Å². The molecule has 0 aliphatic rings. The van der Waals surface area contributed by atoms with E-state index in [4.69, 9.17) is 0 Å². The van der Waals surface area contributed by atoms with Gasteiger partial charge in [0, 0.05) is 24.5 Å². The SMILES string of the molecule is CC(C)(C)c1ccccc1C(=O)NCc1cc[nH]c1. The normalized spacial score (nSPS) is 11.3. The van der Waals surface area contributed by atoms with Gasteiger partial charge in [-0.3, -0.25) is 4.79 Å². The highest BCUT2D eigenvalue weighted by atomic mass is 16.1. The van der Waals surface area contributed by atoms with Crippen LogP contribution in [0, 0.1) is 0 Å². The quantitative estimate of drug-likeness (QED) is 0.870. The van der Waals surface area contributed by atoms with Gasteiger partial charge in [-0.1, -0.05) is 39.0 Å². The molecule has 0 bridgehead atoms. The van der Waals surface area contributed by atoms with Gasteiger partial charge in [-0.05, 0) is 28.7 Å². The molecule has 0 spiro atoms. The second-order valence-electron chi connectivity index (χ2n) is 5.70. The van der Waals surface area contributed by atoms with Crippen molar-refractivity contribution in [1.29, 1.82) is 0 Å². The molecule has 0 radical (unpaired) electrons. The fourth-order valence-corrected chi connectivity index (χ4v) is 2.08. The molecule has 0 saturated carbocycles. The standard InChI is InChI=1S/C16H20N2O/c1-16(2,3)14-7-5-4-6-13(14)15(19)18-11-12-8-9-17-10-12/h4-10,17H,11H2,1-3H3,(H,18,19). The van der Waals surface area contributed by atoms with Crippen molar-refractivity contribution in [2.24, 2.45) is 0 Å². The van der Waals surface area contributed by atoms with E-state index in [0.29, 0.717) is 6.54 Å². The van der Waals surface area contributed by atoms with Crippen molar-refractivity contribution >= 4 is 5.91 Å². The van der Waals surface area contributed by atoms with E-state index in [1.54, 1.807) is 0 Å². The summed E-state index contributed by atoms with van der Waals surface area (Å²) in [6, 6.07) is 9.73. The Morgan fingerprint density at radius 3 is 2.58 bits per heavy atom. The zero-order valence-corrected chi connectivity index (χ0v) is 11.7. The van der Waals surface area contributed by atoms with Gasteiger partial charge >= 0.3 is 0 Å². The highest BCUT2D eigenvalue weighted by Gasteiger charge is 2.20. The minimum Gasteiger partial charge on any atom is -0.367 e. The smallest absolute Gasteiger partial charge is 0.251 e. The van der Waals surface area contributed by atoms with E-state index in [-0.39, 0.29) is 11.3 Å². The number of nitrogens with one attached hydrogen (secondary N) is 2. The van der Waals surface area contributed by atoms with Crippen molar-refractivity contribution in [2.75, 3.05) is 0 Å². The van der Waals surface area contributed by atoms with Crippen molar-refractivity contribution in [1.82, 2.24) is 10.3 Å². The van der Waals surface area contributed by atoms with Crippen LogP contribution in [-0.4, -0.2) is 10.9 Å². The third kappa shape index (κ3) is 3.25. The maximum absolute atomic E-state index is 12.3. The first-order chi connectivity index (χ1) is 8.98. The highest BCUT2D eigenvalue weighted by molar-refractivity contribution is 5.96. The number of rotatable bonds is 3. The number of H-pyrrole nitrogens is 1. The summed E-state index contributed by atoms with van der Waals surface area (Å²) in [5.74, 6) is -0.0216. The summed E-state index contributed by atoms with van der Waals surface area (Å²) in [7, 11) is 0. The maximum Gasteiger partial charge on any atom is 0.251 e. The summed E-state index contributed by atoms with van der Waals surface area (Å²) >= 11 is 0. The van der Waals surface area contributed by atoms with Crippen LogP contribution in [0.2, 0.25) is 0 Å². The monoisotopic (exact) mass is 256 g/mol. The molecule has 2 N–H and O–H groups in total. The van der Waals surface area contributed by atoms with Crippen molar-refractivity contribution in [3.05, 3.63) is 59.4 Å². The lowest BCUT2D eigenvalue weighted by atomic mass is 9.83. The molecule has 3 nitrogen and oxygen atoms in total. The molecule has 0 saturated heterocycles. The molecule has 0 fully saturated rings. The van der Waals surface area contributed by atoms with Crippen LogP contribution in [0.5, 0.6) is 0 Å².